The first kappa shape index (κ1) is 18.7. The Labute approximate surface area is 156 Å². The van der Waals surface area contributed by atoms with Crippen molar-refractivity contribution in [1.82, 2.24) is 0 Å². The third-order valence-corrected chi connectivity index (χ3v) is 4.54. The molecule has 140 valence electrons. The minimum absolute atomic E-state index is 0.0908. The SMILES string of the molecule is CC[C@H](C)[C@@H]([NH3+])C(=O)Oc1ccc2c(=O)c(Oc3ccccc3)coc2c1. The van der Waals surface area contributed by atoms with E-state index in [-0.39, 0.29) is 17.1 Å². The van der Waals surface area contributed by atoms with Crippen LogP contribution in [0.15, 0.2) is 64.0 Å². The van der Waals surface area contributed by atoms with Crippen molar-refractivity contribution in [3.05, 3.63) is 65.0 Å². The molecule has 6 heteroatoms. The highest BCUT2D eigenvalue weighted by Gasteiger charge is 2.25. The fourth-order valence-corrected chi connectivity index (χ4v) is 2.55. The van der Waals surface area contributed by atoms with Crippen molar-refractivity contribution < 1.29 is 24.4 Å². The van der Waals surface area contributed by atoms with Crippen LogP contribution in [0.2, 0.25) is 0 Å². The number of hydrogen-bond acceptors (Lipinski definition) is 5. The van der Waals surface area contributed by atoms with E-state index >= 15 is 0 Å². The van der Waals surface area contributed by atoms with E-state index in [0.29, 0.717) is 22.5 Å². The standard InChI is InChI=1S/C21H21NO5/c1-3-13(2)19(22)21(24)27-15-9-10-16-17(11-15)25-12-18(20(16)23)26-14-7-5-4-6-8-14/h4-13,19H,3,22H2,1-2H3/p+1/t13-,19+/m0/s1. The Balaban J connectivity index is 1.84. The molecule has 0 bridgehead atoms. The van der Waals surface area contributed by atoms with E-state index in [9.17, 15) is 9.59 Å². The summed E-state index contributed by atoms with van der Waals surface area (Å²) in [6.45, 7) is 3.95. The molecule has 0 spiro atoms. The van der Waals surface area contributed by atoms with Gasteiger partial charge in [-0.2, -0.15) is 0 Å². The first-order chi connectivity index (χ1) is 13.0. The first-order valence-electron chi connectivity index (χ1n) is 8.82. The van der Waals surface area contributed by atoms with Crippen LogP contribution >= 0.6 is 0 Å². The number of fused-ring (bicyclic) bond motifs is 1. The molecule has 0 amide bonds. The number of rotatable bonds is 6. The summed E-state index contributed by atoms with van der Waals surface area (Å²) in [5.41, 5.74) is 3.88. The van der Waals surface area contributed by atoms with E-state index in [2.05, 4.69) is 5.73 Å². The fourth-order valence-electron chi connectivity index (χ4n) is 2.55. The zero-order valence-corrected chi connectivity index (χ0v) is 15.3. The van der Waals surface area contributed by atoms with Gasteiger partial charge in [0.15, 0.2) is 6.04 Å². The molecular weight excluding hydrogens is 346 g/mol. The number of carbonyl (C=O) groups is 1. The first-order valence-corrected chi connectivity index (χ1v) is 8.82. The van der Waals surface area contributed by atoms with Crippen LogP contribution in [-0.2, 0) is 4.79 Å². The van der Waals surface area contributed by atoms with Crippen LogP contribution < -0.4 is 20.6 Å². The molecular formula is C21H22NO5+. The Bertz CT molecular complexity index is 996. The summed E-state index contributed by atoms with van der Waals surface area (Å²) in [5, 5.41) is 0.344. The van der Waals surface area contributed by atoms with Gasteiger partial charge in [0.25, 0.3) is 0 Å². The van der Waals surface area contributed by atoms with Gasteiger partial charge in [0.05, 0.1) is 5.39 Å². The van der Waals surface area contributed by atoms with Crippen molar-refractivity contribution >= 4 is 16.9 Å². The lowest BCUT2D eigenvalue weighted by Crippen LogP contribution is -2.68. The lowest BCUT2D eigenvalue weighted by Gasteiger charge is -2.13. The average Bonchev–Trinajstić information content (AvgIpc) is 2.69. The van der Waals surface area contributed by atoms with E-state index in [0.717, 1.165) is 6.42 Å². The summed E-state index contributed by atoms with van der Waals surface area (Å²) in [4.78, 5) is 24.8. The quantitative estimate of drug-likeness (QED) is 0.533. The van der Waals surface area contributed by atoms with Gasteiger partial charge in [0, 0.05) is 12.0 Å². The summed E-state index contributed by atoms with van der Waals surface area (Å²) in [7, 11) is 0. The molecule has 2 atom stereocenters. The number of para-hydroxylation sites is 1. The molecule has 0 saturated carbocycles. The normalized spacial score (nSPS) is 13.1. The molecule has 0 unspecified atom stereocenters. The van der Waals surface area contributed by atoms with Gasteiger partial charge in [0.1, 0.15) is 23.3 Å². The lowest BCUT2D eigenvalue weighted by atomic mass is 10.0. The molecule has 27 heavy (non-hydrogen) atoms. The average molecular weight is 368 g/mol. The number of benzene rings is 2. The van der Waals surface area contributed by atoms with E-state index < -0.39 is 12.0 Å². The molecule has 3 aromatic rings. The van der Waals surface area contributed by atoms with E-state index in [1.54, 1.807) is 24.3 Å². The lowest BCUT2D eigenvalue weighted by molar-refractivity contribution is -0.418. The highest BCUT2D eigenvalue weighted by Crippen LogP contribution is 2.24. The van der Waals surface area contributed by atoms with Gasteiger partial charge in [-0.05, 0) is 30.7 Å². The van der Waals surface area contributed by atoms with Crippen LogP contribution in [0.4, 0.5) is 0 Å². The van der Waals surface area contributed by atoms with Crippen LogP contribution in [-0.4, -0.2) is 12.0 Å². The van der Waals surface area contributed by atoms with Gasteiger partial charge < -0.3 is 19.6 Å². The summed E-state index contributed by atoms with van der Waals surface area (Å²) in [5.74, 6) is 0.655. The number of quaternary nitrogens is 1. The molecule has 6 nitrogen and oxygen atoms in total. The predicted octanol–water partition coefficient (Wildman–Crippen LogP) is 3.15. The molecule has 0 radical (unpaired) electrons. The molecule has 0 aliphatic rings. The maximum Gasteiger partial charge on any atom is 0.370 e. The topological polar surface area (TPSA) is 93.4 Å². The fraction of sp³-hybridized carbons (Fsp3) is 0.238. The predicted molar refractivity (Wildman–Crippen MR) is 101 cm³/mol. The van der Waals surface area contributed by atoms with Crippen molar-refractivity contribution in [2.24, 2.45) is 5.92 Å². The van der Waals surface area contributed by atoms with Crippen LogP contribution in [0, 0.1) is 5.92 Å². The summed E-state index contributed by atoms with van der Waals surface area (Å²) in [6.07, 6.45) is 2.09. The minimum Gasteiger partial charge on any atom is -0.460 e. The smallest absolute Gasteiger partial charge is 0.370 e. The monoisotopic (exact) mass is 368 g/mol. The van der Waals surface area contributed by atoms with Crippen LogP contribution in [0.5, 0.6) is 17.2 Å². The summed E-state index contributed by atoms with van der Waals surface area (Å²) < 4.78 is 16.5. The van der Waals surface area contributed by atoms with E-state index in [1.807, 2.05) is 32.0 Å². The van der Waals surface area contributed by atoms with Crippen molar-refractivity contribution in [2.75, 3.05) is 0 Å². The van der Waals surface area contributed by atoms with E-state index in [4.69, 9.17) is 13.9 Å². The molecule has 3 rings (SSSR count). The Hall–Kier alpha value is -3.12. The van der Waals surface area contributed by atoms with E-state index in [1.165, 1.54) is 12.3 Å². The molecule has 3 N–H and O–H groups in total. The second-order valence-corrected chi connectivity index (χ2v) is 6.42. The van der Waals surface area contributed by atoms with Gasteiger partial charge in [0.2, 0.25) is 11.2 Å². The number of esters is 1. The molecule has 0 fully saturated rings. The third kappa shape index (κ3) is 4.17. The second-order valence-electron chi connectivity index (χ2n) is 6.42. The molecule has 2 aromatic carbocycles. The number of hydrogen-bond donors (Lipinski definition) is 1. The van der Waals surface area contributed by atoms with Gasteiger partial charge in [-0.25, -0.2) is 4.79 Å². The van der Waals surface area contributed by atoms with Crippen molar-refractivity contribution in [3.8, 4) is 17.2 Å². The van der Waals surface area contributed by atoms with Crippen LogP contribution in [0.3, 0.4) is 0 Å². The number of carbonyl (C=O) groups excluding carboxylic acids is 1. The van der Waals surface area contributed by atoms with Gasteiger partial charge >= 0.3 is 5.97 Å². The zero-order chi connectivity index (χ0) is 19.4. The number of ether oxygens (including phenoxy) is 2. The minimum atomic E-state index is -0.459. The molecule has 0 saturated heterocycles. The second kappa shape index (κ2) is 8.05. The Morgan fingerprint density at radius 3 is 2.59 bits per heavy atom. The van der Waals surface area contributed by atoms with Crippen molar-refractivity contribution in [2.45, 2.75) is 26.3 Å². The van der Waals surface area contributed by atoms with Gasteiger partial charge in [-0.3, -0.25) is 4.79 Å². The Morgan fingerprint density at radius 1 is 1.15 bits per heavy atom. The zero-order valence-electron chi connectivity index (χ0n) is 15.3. The highest BCUT2D eigenvalue weighted by atomic mass is 16.5. The molecule has 0 aliphatic carbocycles. The summed E-state index contributed by atoms with van der Waals surface area (Å²) >= 11 is 0. The molecule has 0 aliphatic heterocycles. The van der Waals surface area contributed by atoms with Gasteiger partial charge in [-0.1, -0.05) is 32.0 Å². The highest BCUT2D eigenvalue weighted by molar-refractivity contribution is 5.81. The van der Waals surface area contributed by atoms with Crippen molar-refractivity contribution in [1.29, 1.82) is 0 Å². The maximum atomic E-state index is 12.6. The Kier molecular flexibility index (Phi) is 5.57. The van der Waals surface area contributed by atoms with Crippen LogP contribution in [0.25, 0.3) is 11.0 Å². The van der Waals surface area contributed by atoms with Gasteiger partial charge in [-0.15, -0.1) is 0 Å². The Morgan fingerprint density at radius 2 is 1.89 bits per heavy atom. The molecule has 1 heterocycles. The largest absolute Gasteiger partial charge is 0.460 e. The summed E-state index contributed by atoms with van der Waals surface area (Å²) in [6, 6.07) is 13.2. The van der Waals surface area contributed by atoms with Crippen LogP contribution in [0.1, 0.15) is 20.3 Å². The van der Waals surface area contributed by atoms with Crippen molar-refractivity contribution in [3.63, 3.8) is 0 Å². The molecule has 1 aromatic heterocycles. The third-order valence-electron chi connectivity index (χ3n) is 4.54. The maximum absolute atomic E-state index is 12.6.